The van der Waals surface area contributed by atoms with Gasteiger partial charge in [-0.25, -0.2) is 9.97 Å². The van der Waals surface area contributed by atoms with Gasteiger partial charge in [0.05, 0.1) is 42.6 Å². The number of nitrogens with zero attached hydrogens (tertiary/aromatic N) is 4. The fraction of sp³-hybridized carbons (Fsp3) is 0.625. The molecule has 3 atom stereocenters. The maximum absolute atomic E-state index is 12.4. The molecule has 34 heavy (non-hydrogen) atoms. The molecule has 4 heterocycles. The highest BCUT2D eigenvalue weighted by Crippen LogP contribution is 2.42. The van der Waals surface area contributed by atoms with Gasteiger partial charge >= 0.3 is 0 Å². The molecule has 0 aromatic carbocycles. The molecule has 2 aliphatic rings. The predicted molar refractivity (Wildman–Crippen MR) is 129 cm³/mol. The smallest absolute Gasteiger partial charge is 0.159 e. The Morgan fingerprint density at radius 3 is 2.85 bits per heavy atom. The monoisotopic (exact) mass is 486 g/mol. The second-order valence-corrected chi connectivity index (χ2v) is 10.4. The van der Waals surface area contributed by atoms with Crippen LogP contribution in [0.5, 0.6) is 0 Å². The first-order chi connectivity index (χ1) is 16.7. The summed E-state index contributed by atoms with van der Waals surface area (Å²) in [5.74, 6) is 0.470. The van der Waals surface area contributed by atoms with Crippen molar-refractivity contribution in [1.82, 2.24) is 25.1 Å². The minimum atomic E-state index is -2.15. The number of piperidine rings is 1. The van der Waals surface area contributed by atoms with Gasteiger partial charge in [0.15, 0.2) is 5.65 Å². The number of aromatic nitrogens is 4. The maximum atomic E-state index is 12.4. The first kappa shape index (κ1) is 23.7. The zero-order valence-electron chi connectivity index (χ0n) is 19.5. The van der Waals surface area contributed by atoms with E-state index < -0.39 is 16.5 Å². The summed E-state index contributed by atoms with van der Waals surface area (Å²) in [6.45, 7) is 2.58. The van der Waals surface area contributed by atoms with Crippen LogP contribution in [-0.2, 0) is 20.6 Å². The molecule has 184 valence electrons. The second kappa shape index (κ2) is 10.7. The van der Waals surface area contributed by atoms with E-state index in [0.29, 0.717) is 25.7 Å². The summed E-state index contributed by atoms with van der Waals surface area (Å²) >= 11 is -2.15. The van der Waals surface area contributed by atoms with Crippen LogP contribution in [0.15, 0.2) is 24.7 Å². The number of rotatable bonds is 8. The van der Waals surface area contributed by atoms with Crippen LogP contribution in [-0.4, -0.2) is 78.7 Å². The molecule has 2 fully saturated rings. The standard InChI is InChI=1S/C24H33N5O4S/c1-32-11-12-33-18-3-2-10-29(15-18)24(34(30)31)17-6-4-16(5-7-17)20-13-27-28-21-14-26-23-19(22(20)21)8-9-25-23/h8-9,13-14,16-18,24,28H,2-7,10-12,15H2,1H3,(H,30,31)/p-1. The Morgan fingerprint density at radius 2 is 2.06 bits per heavy atom. The lowest BCUT2D eigenvalue weighted by Gasteiger charge is -2.44. The molecule has 9 nitrogen and oxygen atoms in total. The SMILES string of the molecule is COCCOC1CCCN(C(C2CCC(c3cn[nH]c4cnc5nccc5c34)CC2)S(=O)[O-])C1. The lowest BCUT2D eigenvalue weighted by molar-refractivity contribution is -0.0290. The average molecular weight is 487 g/mol. The van der Waals surface area contributed by atoms with Crippen molar-refractivity contribution in [2.45, 2.75) is 55.9 Å². The quantitative estimate of drug-likeness (QED) is 0.381. The van der Waals surface area contributed by atoms with Crippen molar-refractivity contribution in [1.29, 1.82) is 0 Å². The van der Waals surface area contributed by atoms with Crippen LogP contribution in [0.25, 0.3) is 21.9 Å². The van der Waals surface area contributed by atoms with Gasteiger partial charge in [-0.1, -0.05) is 0 Å². The number of methoxy groups -OCH3 is 1. The van der Waals surface area contributed by atoms with E-state index >= 15 is 0 Å². The Bertz CT molecular complexity index is 1130. The van der Waals surface area contributed by atoms with Crippen LogP contribution in [0.3, 0.4) is 0 Å². The first-order valence-corrected chi connectivity index (χ1v) is 13.3. The number of fused-ring (bicyclic) bond motifs is 3. The van der Waals surface area contributed by atoms with Gasteiger partial charge in [0, 0.05) is 30.6 Å². The van der Waals surface area contributed by atoms with Crippen molar-refractivity contribution in [3.63, 3.8) is 0 Å². The third-order valence-electron chi connectivity index (χ3n) is 7.43. The minimum absolute atomic E-state index is 0.0680. The first-order valence-electron chi connectivity index (χ1n) is 12.1. The van der Waals surface area contributed by atoms with Crippen molar-refractivity contribution >= 4 is 33.0 Å². The average Bonchev–Trinajstić information content (AvgIpc) is 3.34. The van der Waals surface area contributed by atoms with Crippen LogP contribution < -0.4 is 0 Å². The van der Waals surface area contributed by atoms with Crippen LogP contribution in [0, 0.1) is 5.92 Å². The maximum Gasteiger partial charge on any atom is 0.159 e. The highest BCUT2D eigenvalue weighted by Gasteiger charge is 2.35. The highest BCUT2D eigenvalue weighted by atomic mass is 32.2. The van der Waals surface area contributed by atoms with Gasteiger partial charge in [-0.15, -0.1) is 0 Å². The van der Waals surface area contributed by atoms with Crippen LogP contribution >= 0.6 is 0 Å². The molecule has 1 aliphatic carbocycles. The molecule has 5 rings (SSSR count). The molecule has 3 aromatic rings. The van der Waals surface area contributed by atoms with Crippen LogP contribution in [0.2, 0.25) is 0 Å². The van der Waals surface area contributed by atoms with E-state index in [9.17, 15) is 8.76 Å². The summed E-state index contributed by atoms with van der Waals surface area (Å²) in [6, 6.07) is 2.01. The normalized spacial score (nSPS) is 26.1. The van der Waals surface area contributed by atoms with Gasteiger partial charge in [0.2, 0.25) is 0 Å². The fourth-order valence-electron chi connectivity index (χ4n) is 5.82. The molecule has 1 N–H and O–H groups in total. The molecule has 0 amide bonds. The molecular formula is C24H32N5O4S-. The van der Waals surface area contributed by atoms with E-state index in [0.717, 1.165) is 67.0 Å². The molecule has 10 heteroatoms. The van der Waals surface area contributed by atoms with E-state index in [2.05, 4.69) is 25.1 Å². The molecule has 1 aliphatic heterocycles. The van der Waals surface area contributed by atoms with E-state index in [1.165, 1.54) is 5.56 Å². The van der Waals surface area contributed by atoms with Gasteiger partial charge in [-0.3, -0.25) is 14.2 Å². The number of pyridine rings is 1. The Balaban J connectivity index is 1.29. The molecule has 3 aromatic heterocycles. The van der Waals surface area contributed by atoms with Crippen LogP contribution in [0.1, 0.15) is 50.0 Å². The fourth-order valence-corrected chi connectivity index (χ4v) is 6.85. The highest BCUT2D eigenvalue weighted by molar-refractivity contribution is 7.79. The molecule has 0 spiro atoms. The van der Waals surface area contributed by atoms with Gasteiger partial charge in [0.25, 0.3) is 0 Å². The Morgan fingerprint density at radius 1 is 1.21 bits per heavy atom. The second-order valence-electron chi connectivity index (χ2n) is 9.44. The largest absolute Gasteiger partial charge is 0.771 e. The van der Waals surface area contributed by atoms with Gasteiger partial charge in [-0.05, 0) is 79.6 Å². The zero-order chi connectivity index (χ0) is 23.5. The molecule has 0 bridgehead atoms. The van der Waals surface area contributed by atoms with Gasteiger partial charge in [0.1, 0.15) is 0 Å². The number of hydrogen-bond acceptors (Lipinski definition) is 8. The van der Waals surface area contributed by atoms with Crippen molar-refractivity contribution in [2.24, 2.45) is 5.92 Å². The minimum Gasteiger partial charge on any atom is -0.771 e. The van der Waals surface area contributed by atoms with E-state index in [1.54, 1.807) is 19.5 Å². The zero-order valence-corrected chi connectivity index (χ0v) is 20.3. The Hall–Kier alpha value is -1.98. The third-order valence-corrected chi connectivity index (χ3v) is 8.51. The van der Waals surface area contributed by atoms with E-state index in [-0.39, 0.29) is 12.0 Å². The summed E-state index contributed by atoms with van der Waals surface area (Å²) in [7, 11) is 1.66. The van der Waals surface area contributed by atoms with Gasteiger partial charge in [-0.2, -0.15) is 5.10 Å². The summed E-state index contributed by atoms with van der Waals surface area (Å²) in [6.07, 6.45) is 11.1. The number of nitrogens with one attached hydrogen (secondary N) is 1. The van der Waals surface area contributed by atoms with Crippen molar-refractivity contribution < 1.29 is 18.2 Å². The van der Waals surface area contributed by atoms with Crippen molar-refractivity contribution in [3.05, 3.63) is 30.2 Å². The molecule has 1 saturated carbocycles. The predicted octanol–water partition coefficient (Wildman–Crippen LogP) is 3.11. The lowest BCUT2D eigenvalue weighted by atomic mass is 9.77. The Kier molecular flexibility index (Phi) is 7.50. The summed E-state index contributed by atoms with van der Waals surface area (Å²) in [4.78, 5) is 10.9. The van der Waals surface area contributed by atoms with E-state index in [1.807, 2.05) is 12.3 Å². The topological polar surface area (TPSA) is 116 Å². The number of hydrogen-bond donors (Lipinski definition) is 1. The summed E-state index contributed by atoms with van der Waals surface area (Å²) < 4.78 is 35.8. The lowest BCUT2D eigenvalue weighted by Crippen LogP contribution is -2.51. The summed E-state index contributed by atoms with van der Waals surface area (Å²) in [5, 5.41) is 9.15. The number of H-pyrrole nitrogens is 1. The van der Waals surface area contributed by atoms with Crippen molar-refractivity contribution in [2.75, 3.05) is 33.4 Å². The molecule has 0 radical (unpaired) electrons. The molecular weight excluding hydrogens is 454 g/mol. The third kappa shape index (κ3) is 4.87. The molecule has 1 saturated heterocycles. The van der Waals surface area contributed by atoms with Crippen molar-refractivity contribution in [3.8, 4) is 0 Å². The molecule has 3 unspecified atom stereocenters. The van der Waals surface area contributed by atoms with E-state index in [4.69, 9.17) is 9.47 Å². The number of ether oxygens (including phenoxy) is 2. The number of likely N-dealkylation sites (tertiary alicyclic amines) is 1. The summed E-state index contributed by atoms with van der Waals surface area (Å²) in [5.41, 5.74) is 2.86. The van der Waals surface area contributed by atoms with Crippen LogP contribution in [0.4, 0.5) is 0 Å². The number of aromatic amines is 1. The Labute approximate surface area is 201 Å². The van der Waals surface area contributed by atoms with Gasteiger partial charge < -0.3 is 14.0 Å².